The first-order valence-corrected chi connectivity index (χ1v) is 11.1. The molecule has 0 radical (unpaired) electrons. The summed E-state index contributed by atoms with van der Waals surface area (Å²) in [5.41, 5.74) is 0.502. The number of ether oxygens (including phenoxy) is 2. The van der Waals surface area contributed by atoms with Crippen LogP contribution in [0.1, 0.15) is 21.7 Å². The van der Waals surface area contributed by atoms with E-state index in [1.807, 2.05) is 0 Å². The summed E-state index contributed by atoms with van der Waals surface area (Å²) in [4.78, 5) is 24.2. The van der Waals surface area contributed by atoms with Gasteiger partial charge in [-0.25, -0.2) is 22.3 Å². The molecule has 3 aromatic rings. The van der Waals surface area contributed by atoms with Crippen LogP contribution >= 0.6 is 0 Å². The van der Waals surface area contributed by atoms with E-state index in [1.54, 1.807) is 12.1 Å². The van der Waals surface area contributed by atoms with Crippen LogP contribution in [0.5, 0.6) is 5.75 Å². The van der Waals surface area contributed by atoms with E-state index < -0.39 is 34.2 Å². The van der Waals surface area contributed by atoms with Crippen molar-refractivity contribution < 1.29 is 36.3 Å². The van der Waals surface area contributed by atoms with E-state index >= 15 is 0 Å². The molecule has 1 N–H and O–H groups in total. The second-order valence-corrected chi connectivity index (χ2v) is 8.45. The Balaban J connectivity index is 1.54. The van der Waals surface area contributed by atoms with Gasteiger partial charge >= 0.3 is 5.97 Å². The van der Waals surface area contributed by atoms with Crippen LogP contribution in [0.3, 0.4) is 0 Å². The third-order valence-corrected chi connectivity index (χ3v) is 5.84. The van der Waals surface area contributed by atoms with Gasteiger partial charge in [-0.05, 0) is 54.1 Å². The second kappa shape index (κ2) is 10.7. The van der Waals surface area contributed by atoms with Crippen LogP contribution in [0.2, 0.25) is 0 Å². The Hall–Kier alpha value is -3.76. The van der Waals surface area contributed by atoms with E-state index in [9.17, 15) is 22.4 Å². The number of ketones is 1. The first-order valence-electron chi connectivity index (χ1n) is 9.62. The molecule has 0 spiro atoms. The molecule has 0 fully saturated rings. The van der Waals surface area contributed by atoms with Crippen LogP contribution in [0.4, 0.5) is 4.39 Å². The fourth-order valence-corrected chi connectivity index (χ4v) is 3.74. The molecular formula is C23H20FNO7S. The highest BCUT2D eigenvalue weighted by Gasteiger charge is 2.16. The number of carbonyl (C=O) groups excluding carboxylic acids is 2. The van der Waals surface area contributed by atoms with Gasteiger partial charge < -0.3 is 13.9 Å². The summed E-state index contributed by atoms with van der Waals surface area (Å²) in [6.07, 6.45) is 3.95. The van der Waals surface area contributed by atoms with E-state index in [1.165, 1.54) is 49.8 Å². The number of sulfonamides is 1. The van der Waals surface area contributed by atoms with E-state index in [0.717, 1.165) is 18.2 Å². The smallest absolute Gasteiger partial charge is 0.331 e. The molecule has 0 saturated heterocycles. The number of halogens is 1. The van der Waals surface area contributed by atoms with Crippen LogP contribution in [0.15, 0.2) is 76.2 Å². The largest absolute Gasteiger partial charge is 0.496 e. The predicted octanol–water partition coefficient (Wildman–Crippen LogP) is 3.35. The highest BCUT2D eigenvalue weighted by molar-refractivity contribution is 7.89. The molecule has 172 valence electrons. The van der Waals surface area contributed by atoms with Gasteiger partial charge in [-0.3, -0.25) is 4.79 Å². The van der Waals surface area contributed by atoms with Crippen LogP contribution < -0.4 is 9.46 Å². The van der Waals surface area contributed by atoms with E-state index in [-0.39, 0.29) is 22.8 Å². The minimum absolute atomic E-state index is 0.0169. The highest BCUT2D eigenvalue weighted by atomic mass is 32.2. The van der Waals surface area contributed by atoms with Crippen molar-refractivity contribution in [1.82, 2.24) is 4.72 Å². The lowest BCUT2D eigenvalue weighted by molar-refractivity contribution is -0.136. The molecule has 0 amide bonds. The van der Waals surface area contributed by atoms with Crippen LogP contribution in [0.25, 0.3) is 6.08 Å². The standard InChI is InChI=1S/C23H20FNO7S/c1-30-22-10-7-17(24)13-20(22)21(26)15-32-23(27)11-6-16-4-8-19(9-5-16)33(28,29)25-14-18-3-2-12-31-18/h2-13,25H,14-15H2,1H3/b11-6+. The van der Waals surface area contributed by atoms with Crippen molar-refractivity contribution in [3.8, 4) is 5.75 Å². The monoisotopic (exact) mass is 473 g/mol. The van der Waals surface area contributed by atoms with Crippen molar-refractivity contribution in [2.75, 3.05) is 13.7 Å². The van der Waals surface area contributed by atoms with E-state index in [2.05, 4.69) is 4.72 Å². The molecule has 1 aromatic heterocycles. The minimum Gasteiger partial charge on any atom is -0.496 e. The Kier molecular flexibility index (Phi) is 7.75. The number of rotatable bonds is 10. The zero-order valence-electron chi connectivity index (χ0n) is 17.5. The molecule has 10 heteroatoms. The third-order valence-electron chi connectivity index (χ3n) is 4.43. The zero-order valence-corrected chi connectivity index (χ0v) is 18.3. The van der Waals surface area contributed by atoms with Gasteiger partial charge in [-0.15, -0.1) is 0 Å². The van der Waals surface area contributed by atoms with Crippen molar-refractivity contribution in [3.63, 3.8) is 0 Å². The number of esters is 1. The van der Waals surface area contributed by atoms with Gasteiger partial charge in [-0.1, -0.05) is 12.1 Å². The van der Waals surface area contributed by atoms with Crippen molar-refractivity contribution in [1.29, 1.82) is 0 Å². The summed E-state index contributed by atoms with van der Waals surface area (Å²) >= 11 is 0. The molecule has 3 rings (SSSR count). The number of methoxy groups -OCH3 is 1. The van der Waals surface area contributed by atoms with Crippen LogP contribution in [-0.4, -0.2) is 33.9 Å². The van der Waals surface area contributed by atoms with Gasteiger partial charge in [0.25, 0.3) is 0 Å². The quantitative estimate of drug-likeness (QED) is 0.273. The normalized spacial score (nSPS) is 11.5. The predicted molar refractivity (Wildman–Crippen MR) is 116 cm³/mol. The molecule has 8 nitrogen and oxygen atoms in total. The lowest BCUT2D eigenvalue weighted by atomic mass is 10.1. The summed E-state index contributed by atoms with van der Waals surface area (Å²) in [6.45, 7) is -0.579. The van der Waals surface area contributed by atoms with Gasteiger partial charge in [-0.2, -0.15) is 0 Å². The molecule has 1 heterocycles. The first-order chi connectivity index (χ1) is 15.8. The Morgan fingerprint density at radius 2 is 1.88 bits per heavy atom. The van der Waals surface area contributed by atoms with Crippen molar-refractivity contribution in [2.45, 2.75) is 11.4 Å². The summed E-state index contributed by atoms with van der Waals surface area (Å²) in [6, 6.07) is 12.6. The molecule has 0 saturated carbocycles. The zero-order chi connectivity index (χ0) is 23.8. The molecule has 2 aromatic carbocycles. The number of benzene rings is 2. The molecule has 0 aliphatic rings. The lowest BCUT2D eigenvalue weighted by Crippen LogP contribution is -2.22. The first kappa shape index (κ1) is 23.9. The van der Waals surface area contributed by atoms with E-state index in [4.69, 9.17) is 13.9 Å². The number of carbonyl (C=O) groups is 2. The van der Waals surface area contributed by atoms with Crippen molar-refractivity contribution in [3.05, 3.63) is 89.6 Å². The molecular weight excluding hydrogens is 453 g/mol. The number of Topliss-reactive ketones (excluding diaryl/α,β-unsaturated/α-hetero) is 1. The number of nitrogens with one attached hydrogen (secondary N) is 1. The van der Waals surface area contributed by atoms with Gasteiger partial charge in [0, 0.05) is 6.08 Å². The molecule has 0 aliphatic heterocycles. The van der Waals surface area contributed by atoms with E-state index in [0.29, 0.717) is 11.3 Å². The Labute approximate surface area is 189 Å². The number of furan rings is 1. The minimum atomic E-state index is -3.74. The Bertz CT molecular complexity index is 1250. The second-order valence-electron chi connectivity index (χ2n) is 6.68. The Morgan fingerprint density at radius 3 is 2.55 bits per heavy atom. The average molecular weight is 473 g/mol. The van der Waals surface area contributed by atoms with Crippen LogP contribution in [0, 0.1) is 5.82 Å². The Morgan fingerprint density at radius 1 is 1.12 bits per heavy atom. The maximum absolute atomic E-state index is 13.4. The molecule has 0 aliphatic carbocycles. The number of hydrogen-bond donors (Lipinski definition) is 1. The summed E-state index contributed by atoms with van der Waals surface area (Å²) in [7, 11) is -2.40. The lowest BCUT2D eigenvalue weighted by Gasteiger charge is -2.07. The van der Waals surface area contributed by atoms with Crippen molar-refractivity contribution >= 4 is 27.9 Å². The summed E-state index contributed by atoms with van der Waals surface area (Å²) in [5.74, 6) is -1.39. The summed E-state index contributed by atoms with van der Waals surface area (Å²) in [5, 5.41) is 0. The molecule has 33 heavy (non-hydrogen) atoms. The number of hydrogen-bond acceptors (Lipinski definition) is 7. The highest BCUT2D eigenvalue weighted by Crippen LogP contribution is 2.20. The fourth-order valence-electron chi connectivity index (χ4n) is 2.75. The van der Waals surface area contributed by atoms with Crippen LogP contribution in [-0.2, 0) is 26.1 Å². The van der Waals surface area contributed by atoms with Crippen molar-refractivity contribution in [2.24, 2.45) is 0 Å². The van der Waals surface area contributed by atoms with Gasteiger partial charge in [0.1, 0.15) is 17.3 Å². The molecule has 0 bridgehead atoms. The molecule has 0 atom stereocenters. The van der Waals surface area contributed by atoms with Gasteiger partial charge in [0.15, 0.2) is 6.61 Å². The van der Waals surface area contributed by atoms with Gasteiger partial charge in [0.05, 0.1) is 30.4 Å². The maximum atomic E-state index is 13.4. The summed E-state index contributed by atoms with van der Waals surface area (Å²) < 4.78 is 55.5. The maximum Gasteiger partial charge on any atom is 0.331 e. The van der Waals surface area contributed by atoms with Gasteiger partial charge in [0.2, 0.25) is 15.8 Å². The third kappa shape index (κ3) is 6.61. The average Bonchev–Trinajstić information content (AvgIpc) is 3.34. The molecule has 0 unspecified atom stereocenters. The fraction of sp³-hybridized carbons (Fsp3) is 0.130. The SMILES string of the molecule is COc1ccc(F)cc1C(=O)COC(=O)/C=C/c1ccc(S(=O)(=O)NCc2ccco2)cc1. The topological polar surface area (TPSA) is 112 Å².